The fraction of sp³-hybridized carbons (Fsp3) is 0.167. The molecule has 22 heavy (non-hydrogen) atoms. The van der Waals surface area contributed by atoms with E-state index in [0.717, 1.165) is 23.9 Å². The van der Waals surface area contributed by atoms with Gasteiger partial charge in [-0.15, -0.1) is 0 Å². The summed E-state index contributed by atoms with van der Waals surface area (Å²) in [5.41, 5.74) is 3.39. The van der Waals surface area contributed by atoms with E-state index in [0.29, 0.717) is 11.4 Å². The summed E-state index contributed by atoms with van der Waals surface area (Å²) in [6.07, 6.45) is 0. The smallest absolute Gasteiger partial charge is 0.270 e. The van der Waals surface area contributed by atoms with Gasteiger partial charge in [0, 0.05) is 29.3 Å². The first kappa shape index (κ1) is 14.4. The lowest BCUT2D eigenvalue weighted by atomic mass is 10.1. The van der Waals surface area contributed by atoms with E-state index in [4.69, 9.17) is 0 Å². The number of H-pyrrole nitrogens is 1. The van der Waals surface area contributed by atoms with Crippen LogP contribution in [0.4, 0.5) is 8.78 Å². The van der Waals surface area contributed by atoms with Crippen molar-refractivity contribution < 1.29 is 8.78 Å². The number of imidazole rings is 1. The average molecular weight is 298 g/mol. The number of hydrogen-bond donors (Lipinski definition) is 1. The van der Waals surface area contributed by atoms with Crippen molar-refractivity contribution >= 4 is 0 Å². The first-order valence-corrected chi connectivity index (χ1v) is 7.06. The Kier molecular flexibility index (Phi) is 3.53. The molecule has 112 valence electrons. The largest absolute Gasteiger partial charge is 0.342 e. The number of rotatable bonds is 3. The monoisotopic (exact) mass is 298 g/mol. The second kappa shape index (κ2) is 5.37. The predicted octanol–water partition coefficient (Wildman–Crippen LogP) is 5.16. The minimum absolute atomic E-state index is 0.0136. The number of hydrogen-bond acceptors (Lipinski definition) is 1. The first-order chi connectivity index (χ1) is 10.4. The highest BCUT2D eigenvalue weighted by molar-refractivity contribution is 5.67. The number of aromatic nitrogens is 2. The maximum Gasteiger partial charge on any atom is 0.270 e. The minimum Gasteiger partial charge on any atom is -0.342 e. The zero-order valence-corrected chi connectivity index (χ0v) is 12.4. The molecule has 1 N–H and O–H groups in total. The summed E-state index contributed by atoms with van der Waals surface area (Å²) in [5.74, 6) is -2.26. The van der Waals surface area contributed by atoms with Gasteiger partial charge in [0.15, 0.2) is 0 Å². The second-order valence-corrected chi connectivity index (χ2v) is 5.39. The third-order valence-electron chi connectivity index (χ3n) is 3.57. The van der Waals surface area contributed by atoms with Gasteiger partial charge >= 0.3 is 0 Å². The summed E-state index contributed by atoms with van der Waals surface area (Å²) in [5, 5.41) is 0. The van der Waals surface area contributed by atoms with Crippen LogP contribution in [0.2, 0.25) is 0 Å². The van der Waals surface area contributed by atoms with Gasteiger partial charge in [-0.3, -0.25) is 0 Å². The van der Waals surface area contributed by atoms with Gasteiger partial charge in [-0.05, 0) is 13.0 Å². The van der Waals surface area contributed by atoms with Crippen LogP contribution in [0.25, 0.3) is 22.6 Å². The van der Waals surface area contributed by atoms with Crippen LogP contribution in [-0.4, -0.2) is 9.97 Å². The van der Waals surface area contributed by atoms with Crippen molar-refractivity contribution in [3.05, 3.63) is 65.9 Å². The molecular weight excluding hydrogens is 282 g/mol. The molecule has 1 heterocycles. The molecule has 4 heteroatoms. The second-order valence-electron chi connectivity index (χ2n) is 5.39. The van der Waals surface area contributed by atoms with Gasteiger partial charge in [0.25, 0.3) is 5.92 Å². The minimum atomic E-state index is -2.86. The van der Waals surface area contributed by atoms with Gasteiger partial charge < -0.3 is 4.98 Å². The highest BCUT2D eigenvalue weighted by atomic mass is 19.3. The topological polar surface area (TPSA) is 28.7 Å². The van der Waals surface area contributed by atoms with E-state index < -0.39 is 5.92 Å². The Morgan fingerprint density at radius 3 is 2.32 bits per heavy atom. The summed E-state index contributed by atoms with van der Waals surface area (Å²) in [6, 6.07) is 16.1. The standard InChI is InChI=1S/C18H16F2N2/c1-12-16(13-7-4-3-5-8-13)22-17(21-12)14-9-6-10-15(11-14)18(2,19)20/h3-11H,1-2H3,(H,21,22). The van der Waals surface area contributed by atoms with Crippen molar-refractivity contribution in [2.24, 2.45) is 0 Å². The molecule has 0 spiro atoms. The van der Waals surface area contributed by atoms with E-state index >= 15 is 0 Å². The van der Waals surface area contributed by atoms with Crippen molar-refractivity contribution in [2.45, 2.75) is 19.8 Å². The Bertz CT molecular complexity index is 786. The Balaban J connectivity index is 2.04. The lowest BCUT2D eigenvalue weighted by Crippen LogP contribution is -2.06. The number of aromatic amines is 1. The SMILES string of the molecule is Cc1[nH]c(-c2cccc(C(C)(F)F)c2)nc1-c1ccccc1. The van der Waals surface area contributed by atoms with Crippen molar-refractivity contribution in [3.8, 4) is 22.6 Å². The molecule has 0 aliphatic carbocycles. The first-order valence-electron chi connectivity index (χ1n) is 7.06. The Morgan fingerprint density at radius 1 is 0.955 bits per heavy atom. The van der Waals surface area contributed by atoms with E-state index in [1.807, 2.05) is 37.3 Å². The lowest BCUT2D eigenvalue weighted by Gasteiger charge is -2.11. The third-order valence-corrected chi connectivity index (χ3v) is 3.57. The summed E-state index contributed by atoms with van der Waals surface area (Å²) in [6.45, 7) is 2.83. The highest BCUT2D eigenvalue weighted by Gasteiger charge is 2.24. The van der Waals surface area contributed by atoms with Gasteiger partial charge in [0.1, 0.15) is 5.82 Å². The van der Waals surface area contributed by atoms with Gasteiger partial charge in [-0.2, -0.15) is 0 Å². The van der Waals surface area contributed by atoms with Crippen LogP contribution in [0.5, 0.6) is 0 Å². The van der Waals surface area contributed by atoms with Gasteiger partial charge in [-0.1, -0.05) is 48.5 Å². The number of nitrogens with zero attached hydrogens (tertiary/aromatic N) is 1. The molecule has 0 aliphatic heterocycles. The maximum atomic E-state index is 13.5. The molecular formula is C18H16F2N2. The molecule has 3 rings (SSSR count). The fourth-order valence-corrected chi connectivity index (χ4v) is 2.41. The van der Waals surface area contributed by atoms with Crippen LogP contribution in [0.15, 0.2) is 54.6 Å². The fourth-order valence-electron chi connectivity index (χ4n) is 2.41. The number of halogens is 2. The molecule has 0 bridgehead atoms. The van der Waals surface area contributed by atoms with E-state index in [-0.39, 0.29) is 5.56 Å². The van der Waals surface area contributed by atoms with Crippen LogP contribution in [0, 0.1) is 6.92 Å². The van der Waals surface area contributed by atoms with E-state index in [2.05, 4.69) is 9.97 Å². The Hall–Kier alpha value is -2.49. The van der Waals surface area contributed by atoms with Crippen LogP contribution in [0.1, 0.15) is 18.2 Å². The summed E-state index contributed by atoms with van der Waals surface area (Å²) in [4.78, 5) is 7.76. The van der Waals surface area contributed by atoms with Gasteiger partial charge in [0.2, 0.25) is 0 Å². The van der Waals surface area contributed by atoms with Gasteiger partial charge in [-0.25, -0.2) is 13.8 Å². The number of aryl methyl sites for hydroxylation is 1. The quantitative estimate of drug-likeness (QED) is 0.710. The Labute approximate surface area is 127 Å². The van der Waals surface area contributed by atoms with Crippen molar-refractivity contribution in [2.75, 3.05) is 0 Å². The van der Waals surface area contributed by atoms with Crippen molar-refractivity contribution in [1.29, 1.82) is 0 Å². The van der Waals surface area contributed by atoms with Crippen LogP contribution in [-0.2, 0) is 5.92 Å². The van der Waals surface area contributed by atoms with E-state index in [1.54, 1.807) is 12.1 Å². The van der Waals surface area contributed by atoms with Crippen molar-refractivity contribution in [3.63, 3.8) is 0 Å². The highest BCUT2D eigenvalue weighted by Crippen LogP contribution is 2.31. The molecule has 0 radical (unpaired) electrons. The van der Waals surface area contributed by atoms with Crippen molar-refractivity contribution in [1.82, 2.24) is 9.97 Å². The number of benzene rings is 2. The molecule has 3 aromatic rings. The zero-order chi connectivity index (χ0) is 15.7. The van der Waals surface area contributed by atoms with Crippen LogP contribution in [0.3, 0.4) is 0 Å². The molecule has 0 saturated carbocycles. The van der Waals surface area contributed by atoms with Crippen LogP contribution < -0.4 is 0 Å². The molecule has 2 nitrogen and oxygen atoms in total. The predicted molar refractivity (Wildman–Crippen MR) is 83.8 cm³/mol. The van der Waals surface area contributed by atoms with Crippen LogP contribution >= 0.6 is 0 Å². The summed E-state index contributed by atoms with van der Waals surface area (Å²) < 4.78 is 26.9. The summed E-state index contributed by atoms with van der Waals surface area (Å²) in [7, 11) is 0. The molecule has 0 aliphatic rings. The molecule has 0 atom stereocenters. The maximum absolute atomic E-state index is 13.5. The number of alkyl halides is 2. The average Bonchev–Trinajstić information content (AvgIpc) is 2.89. The molecule has 1 aromatic heterocycles. The van der Waals surface area contributed by atoms with Gasteiger partial charge in [0.05, 0.1) is 5.69 Å². The molecule has 0 unspecified atom stereocenters. The zero-order valence-electron chi connectivity index (χ0n) is 12.4. The third kappa shape index (κ3) is 2.77. The molecule has 0 saturated heterocycles. The lowest BCUT2D eigenvalue weighted by molar-refractivity contribution is 0.0175. The molecule has 2 aromatic carbocycles. The number of nitrogens with one attached hydrogen (secondary N) is 1. The Morgan fingerprint density at radius 2 is 1.64 bits per heavy atom. The van der Waals surface area contributed by atoms with E-state index in [1.165, 1.54) is 12.1 Å². The molecule has 0 amide bonds. The van der Waals surface area contributed by atoms with E-state index in [9.17, 15) is 8.78 Å². The molecule has 0 fully saturated rings. The normalized spacial score (nSPS) is 11.6. The summed E-state index contributed by atoms with van der Waals surface area (Å²) >= 11 is 0.